The zero-order valence-corrected chi connectivity index (χ0v) is 22.5. The van der Waals surface area contributed by atoms with Crippen molar-refractivity contribution in [3.8, 4) is 17.1 Å². The molecule has 4 heterocycles. The van der Waals surface area contributed by atoms with Crippen LogP contribution in [0, 0.1) is 5.82 Å². The van der Waals surface area contributed by atoms with Crippen LogP contribution in [0.3, 0.4) is 0 Å². The summed E-state index contributed by atoms with van der Waals surface area (Å²) in [4.78, 5) is 21.4. The zero-order chi connectivity index (χ0) is 27.2. The van der Waals surface area contributed by atoms with Gasteiger partial charge in [0.05, 0.1) is 18.9 Å². The van der Waals surface area contributed by atoms with Crippen LogP contribution in [0.15, 0.2) is 42.6 Å². The van der Waals surface area contributed by atoms with Crippen LogP contribution < -0.4 is 15.4 Å². The molecule has 2 aromatic heterocycles. The number of carbonyl (C=O) groups excluding carboxylic acids is 1. The number of benzene rings is 1. The van der Waals surface area contributed by atoms with Crippen molar-refractivity contribution in [3.63, 3.8) is 0 Å². The molecule has 0 radical (unpaired) electrons. The number of likely N-dealkylation sites (N-methyl/N-ethyl adjacent to an activating group) is 1. The number of piperazine rings is 1. The maximum Gasteiger partial charge on any atom is 0.257 e. The zero-order valence-electron chi connectivity index (χ0n) is 21.7. The van der Waals surface area contributed by atoms with E-state index in [9.17, 15) is 9.18 Å². The van der Waals surface area contributed by atoms with Crippen molar-refractivity contribution in [3.05, 3.63) is 53.4 Å². The van der Waals surface area contributed by atoms with E-state index in [1.165, 1.54) is 18.2 Å². The molecule has 2 fully saturated rings. The lowest BCUT2D eigenvalue weighted by Gasteiger charge is -2.32. The fourth-order valence-corrected chi connectivity index (χ4v) is 4.59. The molecule has 2 aliphatic rings. The molecule has 2 aliphatic heterocycles. The Morgan fingerprint density at radius 2 is 2.03 bits per heavy atom. The van der Waals surface area contributed by atoms with Crippen LogP contribution in [0.2, 0.25) is 5.02 Å². The van der Waals surface area contributed by atoms with Gasteiger partial charge in [0.1, 0.15) is 23.4 Å². The van der Waals surface area contributed by atoms with Crippen LogP contribution in [-0.4, -0.2) is 90.0 Å². The molecule has 0 aliphatic carbocycles. The second kappa shape index (κ2) is 12.6. The molecule has 1 aromatic carbocycles. The van der Waals surface area contributed by atoms with Crippen molar-refractivity contribution in [2.24, 2.45) is 0 Å². The molecular formula is C27H31ClFN7O3. The van der Waals surface area contributed by atoms with Gasteiger partial charge in [0.25, 0.3) is 5.88 Å². The van der Waals surface area contributed by atoms with Gasteiger partial charge in [0.2, 0.25) is 5.91 Å². The largest absolute Gasteiger partial charge is 0.469 e. The van der Waals surface area contributed by atoms with Crippen LogP contribution in [0.25, 0.3) is 11.3 Å². The molecule has 206 valence electrons. The van der Waals surface area contributed by atoms with Gasteiger partial charge in [0, 0.05) is 74.1 Å². The lowest BCUT2D eigenvalue weighted by molar-refractivity contribution is -0.116. The van der Waals surface area contributed by atoms with Crippen molar-refractivity contribution >= 4 is 34.7 Å². The first-order chi connectivity index (χ1) is 18.9. The number of ether oxygens (including phenoxy) is 2. The van der Waals surface area contributed by atoms with Gasteiger partial charge in [0.15, 0.2) is 0 Å². The average molecular weight is 556 g/mol. The number of anilines is 3. The third-order valence-corrected chi connectivity index (χ3v) is 6.92. The Morgan fingerprint density at radius 1 is 1.18 bits per heavy atom. The Balaban J connectivity index is 1.31. The van der Waals surface area contributed by atoms with Gasteiger partial charge < -0.3 is 29.9 Å². The summed E-state index contributed by atoms with van der Waals surface area (Å²) in [5.41, 5.74) is 1.62. The van der Waals surface area contributed by atoms with E-state index in [1.807, 2.05) is 0 Å². The molecule has 1 unspecified atom stereocenters. The summed E-state index contributed by atoms with van der Waals surface area (Å²) in [6.45, 7) is 5.69. The smallest absolute Gasteiger partial charge is 0.257 e. The first-order valence-electron chi connectivity index (χ1n) is 12.9. The Morgan fingerprint density at radius 3 is 2.82 bits per heavy atom. The van der Waals surface area contributed by atoms with E-state index in [-0.39, 0.29) is 23.5 Å². The summed E-state index contributed by atoms with van der Waals surface area (Å²) in [6, 6.07) is 9.38. The van der Waals surface area contributed by atoms with Crippen LogP contribution in [0.5, 0.6) is 5.88 Å². The summed E-state index contributed by atoms with van der Waals surface area (Å²) in [7, 11) is 2.10. The number of carbonyl (C=O) groups is 1. The van der Waals surface area contributed by atoms with Crippen molar-refractivity contribution in [1.82, 2.24) is 25.0 Å². The van der Waals surface area contributed by atoms with E-state index in [0.29, 0.717) is 54.1 Å². The van der Waals surface area contributed by atoms with Crippen LogP contribution in [0.4, 0.5) is 21.6 Å². The summed E-state index contributed by atoms with van der Waals surface area (Å²) in [6.07, 6.45) is 2.54. The van der Waals surface area contributed by atoms with Gasteiger partial charge in [-0.2, -0.15) is 0 Å². The molecule has 5 rings (SSSR count). The molecule has 3 aromatic rings. The highest BCUT2D eigenvalue weighted by Gasteiger charge is 2.22. The van der Waals surface area contributed by atoms with Gasteiger partial charge in [-0.15, -0.1) is 10.2 Å². The number of pyridine rings is 1. The second-order valence-electron chi connectivity index (χ2n) is 9.67. The number of nitrogens with one attached hydrogen (secondary N) is 2. The molecule has 0 saturated carbocycles. The molecule has 12 heteroatoms. The summed E-state index contributed by atoms with van der Waals surface area (Å²) >= 11 is 6.10. The molecule has 1 amide bonds. The van der Waals surface area contributed by atoms with Gasteiger partial charge in [-0.1, -0.05) is 11.6 Å². The van der Waals surface area contributed by atoms with Crippen LogP contribution >= 0.6 is 11.6 Å². The van der Waals surface area contributed by atoms with Gasteiger partial charge in [-0.25, -0.2) is 9.37 Å². The Bertz CT molecular complexity index is 1300. The molecule has 0 bridgehead atoms. The van der Waals surface area contributed by atoms with Crippen LogP contribution in [0.1, 0.15) is 12.8 Å². The quantitative estimate of drug-likeness (QED) is 0.408. The highest BCUT2D eigenvalue weighted by molar-refractivity contribution is 6.30. The molecular weight excluding hydrogens is 525 g/mol. The molecule has 1 atom stereocenters. The predicted molar refractivity (Wildman–Crippen MR) is 147 cm³/mol. The predicted octanol–water partition coefficient (Wildman–Crippen LogP) is 3.82. The number of hydrogen-bond acceptors (Lipinski definition) is 9. The molecule has 2 N–H and O–H groups in total. The summed E-state index contributed by atoms with van der Waals surface area (Å²) in [5, 5.41) is 14.9. The lowest BCUT2D eigenvalue weighted by Crippen LogP contribution is -2.45. The Labute approximate surface area is 231 Å². The van der Waals surface area contributed by atoms with Crippen molar-refractivity contribution in [1.29, 1.82) is 0 Å². The topological polar surface area (TPSA) is 105 Å². The first kappa shape index (κ1) is 27.2. The molecule has 2 saturated heterocycles. The normalized spacial score (nSPS) is 18.2. The number of aromatic nitrogens is 3. The molecule has 39 heavy (non-hydrogen) atoms. The maximum atomic E-state index is 14.6. The number of rotatable bonds is 9. The van der Waals surface area contributed by atoms with Crippen molar-refractivity contribution in [2.45, 2.75) is 18.9 Å². The number of halogens is 2. The second-order valence-corrected chi connectivity index (χ2v) is 10.1. The van der Waals surface area contributed by atoms with Gasteiger partial charge in [-0.3, -0.25) is 4.79 Å². The molecule has 0 spiro atoms. The SMILES string of the molecule is CN1CCN(CCC(=O)Nc2cc(Nc3cc(-c4cc(Cl)ccc4F)nnc3OC3CCOC3)ccn2)CC1. The minimum absolute atomic E-state index is 0.104. The third kappa shape index (κ3) is 7.39. The van der Waals surface area contributed by atoms with Crippen molar-refractivity contribution < 1.29 is 18.7 Å². The highest BCUT2D eigenvalue weighted by atomic mass is 35.5. The monoisotopic (exact) mass is 555 g/mol. The number of nitrogens with zero attached hydrogens (tertiary/aromatic N) is 5. The summed E-state index contributed by atoms with van der Waals surface area (Å²) < 4.78 is 26.0. The number of amides is 1. The lowest BCUT2D eigenvalue weighted by atomic mass is 10.1. The average Bonchev–Trinajstić information content (AvgIpc) is 3.44. The fraction of sp³-hybridized carbons (Fsp3) is 0.407. The van der Waals surface area contributed by atoms with Crippen LogP contribution in [-0.2, 0) is 9.53 Å². The van der Waals surface area contributed by atoms with E-state index >= 15 is 0 Å². The number of hydrogen-bond donors (Lipinski definition) is 2. The summed E-state index contributed by atoms with van der Waals surface area (Å²) in [5.74, 6) is 0.0977. The van der Waals surface area contributed by atoms with E-state index in [4.69, 9.17) is 21.1 Å². The van der Waals surface area contributed by atoms with Gasteiger partial charge >= 0.3 is 0 Å². The maximum absolute atomic E-state index is 14.6. The Hall–Kier alpha value is -3.38. The van der Waals surface area contributed by atoms with E-state index in [1.54, 1.807) is 24.4 Å². The standard InChI is InChI=1S/C27H31ClFN7O3/c1-35-9-11-36(12-10-35)8-5-26(37)32-25-15-19(4-7-30-25)31-24-16-23(21-14-18(28)2-3-22(21)29)33-34-27(24)39-20-6-13-38-17-20/h2-4,7,14-16,20H,5-6,8-13,17H2,1H3,(H2,30,31,32,33,37). The minimum Gasteiger partial charge on any atom is -0.469 e. The van der Waals surface area contributed by atoms with E-state index in [2.05, 4.69) is 42.7 Å². The van der Waals surface area contributed by atoms with Gasteiger partial charge in [-0.05, 0) is 37.4 Å². The fourth-order valence-electron chi connectivity index (χ4n) is 4.41. The molecule has 10 nitrogen and oxygen atoms in total. The third-order valence-electron chi connectivity index (χ3n) is 6.69. The highest BCUT2D eigenvalue weighted by Crippen LogP contribution is 2.33. The van der Waals surface area contributed by atoms with E-state index < -0.39 is 5.82 Å². The van der Waals surface area contributed by atoms with E-state index in [0.717, 1.165) is 32.6 Å². The van der Waals surface area contributed by atoms with Crippen molar-refractivity contribution in [2.75, 3.05) is 63.6 Å². The Kier molecular flexibility index (Phi) is 8.82. The first-order valence-corrected chi connectivity index (χ1v) is 13.3. The minimum atomic E-state index is -0.469.